The van der Waals surface area contributed by atoms with Crippen LogP contribution < -0.4 is 5.32 Å². The molecule has 3 unspecified atom stereocenters. The number of hydrogen-bond acceptors (Lipinski definition) is 11. The van der Waals surface area contributed by atoms with Crippen molar-refractivity contribution in [2.24, 2.45) is 11.8 Å². The first-order valence-corrected chi connectivity index (χ1v) is 13.3. The molecule has 13 heteroatoms. The van der Waals surface area contributed by atoms with Gasteiger partial charge in [0.05, 0.1) is 47.2 Å². The summed E-state index contributed by atoms with van der Waals surface area (Å²) in [4.78, 5) is 77.7. The molecule has 13 nitrogen and oxygen atoms in total. The van der Waals surface area contributed by atoms with E-state index in [1.165, 1.54) is 28.4 Å². The second-order valence-corrected chi connectivity index (χ2v) is 10.8. The Hall–Kier alpha value is -3.90. The smallest absolute Gasteiger partial charge is 0.355 e. The molecule has 1 amide bonds. The van der Waals surface area contributed by atoms with Gasteiger partial charge in [-0.15, -0.1) is 0 Å². The molecular formula is C28H40N2O11. The molecule has 2 rings (SSSR count). The summed E-state index contributed by atoms with van der Waals surface area (Å²) in [6.45, 7) is 5.12. The molecule has 1 aliphatic rings. The van der Waals surface area contributed by atoms with Gasteiger partial charge in [-0.1, -0.05) is 0 Å². The summed E-state index contributed by atoms with van der Waals surface area (Å²) in [7, 11) is 4.96. The highest BCUT2D eigenvalue weighted by Crippen LogP contribution is 2.34. The van der Waals surface area contributed by atoms with Crippen LogP contribution in [0.5, 0.6) is 0 Å². The third kappa shape index (κ3) is 9.32. The first-order valence-electron chi connectivity index (χ1n) is 13.3. The van der Waals surface area contributed by atoms with Gasteiger partial charge < -0.3 is 34.0 Å². The Bertz CT molecular complexity index is 1150. The number of carbonyl (C=O) groups excluding carboxylic acids is 6. The van der Waals surface area contributed by atoms with Crippen molar-refractivity contribution in [3.63, 3.8) is 0 Å². The topological polar surface area (TPSA) is 176 Å². The number of aromatic amines is 1. The number of amides is 1. The van der Waals surface area contributed by atoms with Crippen molar-refractivity contribution in [1.82, 2.24) is 10.3 Å². The third-order valence-corrected chi connectivity index (χ3v) is 6.91. The number of hydrogen-bond donors (Lipinski definition) is 2. The van der Waals surface area contributed by atoms with Crippen LogP contribution in [0.2, 0.25) is 0 Å². The Labute approximate surface area is 238 Å². The van der Waals surface area contributed by atoms with Gasteiger partial charge in [0.15, 0.2) is 0 Å². The number of nitrogens with one attached hydrogen (secondary N) is 2. The highest BCUT2D eigenvalue weighted by molar-refractivity contribution is 5.91. The fourth-order valence-corrected chi connectivity index (χ4v) is 4.94. The highest BCUT2D eigenvalue weighted by atomic mass is 16.6. The van der Waals surface area contributed by atoms with Gasteiger partial charge >= 0.3 is 29.8 Å². The van der Waals surface area contributed by atoms with Gasteiger partial charge in [-0.05, 0) is 50.7 Å². The fourth-order valence-electron chi connectivity index (χ4n) is 4.94. The number of methoxy groups -OCH3 is 4. The Morgan fingerprint density at radius 2 is 1.39 bits per heavy atom. The number of ether oxygens (including phenoxy) is 5. The number of aromatic nitrogens is 1. The zero-order valence-electron chi connectivity index (χ0n) is 24.7. The van der Waals surface area contributed by atoms with E-state index < -0.39 is 53.3 Å². The zero-order valence-corrected chi connectivity index (χ0v) is 24.7. The van der Waals surface area contributed by atoms with Crippen LogP contribution in [0.15, 0.2) is 0 Å². The van der Waals surface area contributed by atoms with Crippen molar-refractivity contribution >= 4 is 35.8 Å². The fraction of sp³-hybridized carbons (Fsp3) is 0.643. The van der Waals surface area contributed by atoms with E-state index in [0.717, 1.165) is 0 Å². The minimum atomic E-state index is -0.829. The molecule has 0 saturated carbocycles. The first kappa shape index (κ1) is 33.3. The van der Waals surface area contributed by atoms with Crippen molar-refractivity contribution in [1.29, 1.82) is 0 Å². The zero-order chi connectivity index (χ0) is 30.9. The molecule has 1 aromatic heterocycles. The van der Waals surface area contributed by atoms with Gasteiger partial charge in [0.2, 0.25) is 5.91 Å². The minimum absolute atomic E-state index is 0.0115. The van der Waals surface area contributed by atoms with Gasteiger partial charge in [0, 0.05) is 31.0 Å². The van der Waals surface area contributed by atoms with Crippen LogP contribution in [0.3, 0.4) is 0 Å². The molecule has 2 N–H and O–H groups in total. The van der Waals surface area contributed by atoms with Crippen molar-refractivity contribution in [2.75, 3.05) is 28.4 Å². The van der Waals surface area contributed by atoms with E-state index in [1.54, 1.807) is 20.8 Å². The summed E-state index contributed by atoms with van der Waals surface area (Å²) in [5.74, 6) is -4.43. The summed E-state index contributed by atoms with van der Waals surface area (Å²) in [6, 6.07) is -0.572. The summed E-state index contributed by atoms with van der Waals surface area (Å²) < 4.78 is 24.8. The van der Waals surface area contributed by atoms with Crippen LogP contribution >= 0.6 is 0 Å². The Kier molecular flexibility index (Phi) is 11.9. The molecule has 1 aliphatic heterocycles. The maximum absolute atomic E-state index is 13.2. The van der Waals surface area contributed by atoms with Crippen molar-refractivity contribution in [3.05, 3.63) is 22.5 Å². The third-order valence-electron chi connectivity index (χ3n) is 6.91. The number of rotatable bonds is 13. The lowest BCUT2D eigenvalue weighted by Crippen LogP contribution is -2.32. The maximum atomic E-state index is 13.2. The van der Waals surface area contributed by atoms with Crippen LogP contribution in [0, 0.1) is 11.8 Å². The summed E-state index contributed by atoms with van der Waals surface area (Å²) in [5.41, 5.74) is 0.511. The van der Waals surface area contributed by atoms with Gasteiger partial charge in [0.25, 0.3) is 0 Å². The average Bonchev–Trinajstić information content (AvgIpc) is 3.40. The second kappa shape index (κ2) is 14.6. The molecule has 41 heavy (non-hydrogen) atoms. The van der Waals surface area contributed by atoms with Crippen molar-refractivity contribution < 1.29 is 52.5 Å². The normalized spacial score (nSPS) is 18.3. The largest absolute Gasteiger partial charge is 0.469 e. The van der Waals surface area contributed by atoms with Crippen LogP contribution in [0.25, 0.3) is 0 Å². The maximum Gasteiger partial charge on any atom is 0.355 e. The van der Waals surface area contributed by atoms with Crippen molar-refractivity contribution in [2.45, 2.75) is 77.4 Å². The summed E-state index contributed by atoms with van der Waals surface area (Å²) in [6.07, 6.45) is -0.0382. The molecule has 3 atom stereocenters. The lowest BCUT2D eigenvalue weighted by molar-refractivity contribution is -0.144. The summed E-state index contributed by atoms with van der Waals surface area (Å²) >= 11 is 0. The Morgan fingerprint density at radius 1 is 0.805 bits per heavy atom. The van der Waals surface area contributed by atoms with E-state index in [2.05, 4.69) is 10.3 Å². The number of carbonyl (C=O) groups is 6. The molecule has 0 spiro atoms. The molecule has 0 radical (unpaired) electrons. The number of esters is 5. The predicted molar refractivity (Wildman–Crippen MR) is 143 cm³/mol. The van der Waals surface area contributed by atoms with E-state index in [-0.39, 0.29) is 56.5 Å². The van der Waals surface area contributed by atoms with Crippen LogP contribution in [0.1, 0.15) is 73.8 Å². The molecular weight excluding hydrogens is 540 g/mol. The molecule has 1 fully saturated rings. The molecule has 1 saturated heterocycles. The lowest BCUT2D eigenvalue weighted by atomic mass is 9.82. The highest BCUT2D eigenvalue weighted by Gasteiger charge is 2.44. The summed E-state index contributed by atoms with van der Waals surface area (Å²) in [5, 5.41) is 2.90. The van der Waals surface area contributed by atoms with E-state index in [0.29, 0.717) is 16.8 Å². The minimum Gasteiger partial charge on any atom is -0.469 e. The van der Waals surface area contributed by atoms with Gasteiger partial charge in [-0.3, -0.25) is 24.0 Å². The second-order valence-electron chi connectivity index (χ2n) is 10.8. The molecule has 1 aromatic rings. The van der Waals surface area contributed by atoms with Crippen molar-refractivity contribution in [3.8, 4) is 0 Å². The average molecular weight is 581 g/mol. The van der Waals surface area contributed by atoms with Gasteiger partial charge in [-0.2, -0.15) is 0 Å². The molecule has 0 aliphatic carbocycles. The molecule has 0 bridgehead atoms. The quantitative estimate of drug-likeness (QED) is 0.256. The van der Waals surface area contributed by atoms with E-state index in [4.69, 9.17) is 23.7 Å². The monoisotopic (exact) mass is 580 g/mol. The SMILES string of the molecule is COC(=O)CCc1c(C(=O)OC(C)(C)C)[nH]c(CC2NC(=O)C(CC(=O)OC)C2CCC(=O)OC)c1CC(=O)OC. The Morgan fingerprint density at radius 3 is 1.95 bits per heavy atom. The van der Waals surface area contributed by atoms with E-state index >= 15 is 0 Å². The van der Waals surface area contributed by atoms with E-state index in [9.17, 15) is 28.8 Å². The molecule has 2 heterocycles. The van der Waals surface area contributed by atoms with Gasteiger partial charge in [0.1, 0.15) is 11.3 Å². The molecule has 0 aromatic carbocycles. The number of H-pyrrole nitrogens is 1. The van der Waals surface area contributed by atoms with Crippen LogP contribution in [-0.4, -0.2) is 80.8 Å². The van der Waals surface area contributed by atoms with Crippen LogP contribution in [-0.2, 0) is 66.9 Å². The standard InChI is InChI=1S/C28H40N2O11/c1-28(2,3)41-27(36)25-16(9-11-22(32)38-5)17(12-23(33)39-6)20(29-25)14-19-15(8-10-21(31)37-4)18(26(35)30-19)13-24(34)40-7/h15,18-19,29H,8-14H2,1-7H3,(H,30,35). The molecule has 228 valence electrons. The predicted octanol–water partition coefficient (Wildman–Crippen LogP) is 1.58. The first-order chi connectivity index (χ1) is 19.2. The lowest BCUT2D eigenvalue weighted by Gasteiger charge is -2.22. The Balaban J connectivity index is 2.58. The van der Waals surface area contributed by atoms with E-state index in [1.807, 2.05) is 0 Å². The van der Waals surface area contributed by atoms with Crippen LogP contribution in [0.4, 0.5) is 0 Å². The van der Waals surface area contributed by atoms with Gasteiger partial charge in [-0.25, -0.2) is 4.79 Å².